The lowest BCUT2D eigenvalue weighted by Crippen LogP contribution is -2.10. The fraction of sp³-hybridized carbons (Fsp3) is 0.222. The fourth-order valence-electron chi connectivity index (χ4n) is 3.51. The van der Waals surface area contributed by atoms with E-state index in [1.54, 1.807) is 6.07 Å². The number of furan rings is 1. The molecule has 1 aromatic heterocycles. The molecule has 3 N–H and O–H groups in total. The number of amidine groups is 1. The molecule has 32 heavy (non-hydrogen) atoms. The topological polar surface area (TPSA) is 81.5 Å². The van der Waals surface area contributed by atoms with Gasteiger partial charge in [-0.25, -0.2) is 0 Å². The van der Waals surface area contributed by atoms with Crippen LogP contribution in [-0.4, -0.2) is 19.0 Å². The molecule has 0 fully saturated rings. The number of nitrogens with two attached hydrogens (primary N) is 1. The third-order valence-electron chi connectivity index (χ3n) is 5.29. The lowest BCUT2D eigenvalue weighted by atomic mass is 10.1. The van der Waals surface area contributed by atoms with Gasteiger partial charge in [0.2, 0.25) is 0 Å². The van der Waals surface area contributed by atoms with Crippen LogP contribution in [0.3, 0.4) is 0 Å². The number of fused-ring (bicyclic) bond motifs is 1. The highest BCUT2D eigenvalue weighted by atomic mass is 16.5. The Morgan fingerprint density at radius 2 is 1.41 bits per heavy atom. The number of unbranched alkanes of at least 4 members (excludes halogenated alkanes) is 3. The molecule has 0 spiro atoms. The standard InChI is InChI=1S/C27H28N2O3/c28-27(29)22-11-10-21-18-25(32-26(21)19-22)20-12-14-24(15-13-20)31-17-7-2-1-6-16-30-23-8-4-3-5-9-23/h3-5,8-15,18-19H,1-2,6-7,16-17H2,(H3,28,29). The molecule has 0 unspecified atom stereocenters. The van der Waals surface area contributed by atoms with Crippen molar-refractivity contribution >= 4 is 16.8 Å². The van der Waals surface area contributed by atoms with Crippen molar-refractivity contribution in [1.29, 1.82) is 5.41 Å². The van der Waals surface area contributed by atoms with Gasteiger partial charge in [-0.05, 0) is 74.2 Å². The zero-order valence-corrected chi connectivity index (χ0v) is 18.1. The molecule has 0 aliphatic carbocycles. The van der Waals surface area contributed by atoms with E-state index in [-0.39, 0.29) is 5.84 Å². The monoisotopic (exact) mass is 428 g/mol. The van der Waals surface area contributed by atoms with Gasteiger partial charge in [-0.3, -0.25) is 5.41 Å². The van der Waals surface area contributed by atoms with E-state index in [4.69, 9.17) is 25.0 Å². The summed E-state index contributed by atoms with van der Waals surface area (Å²) < 4.78 is 17.5. The molecule has 4 aromatic rings. The summed E-state index contributed by atoms with van der Waals surface area (Å²) in [5.74, 6) is 2.61. The third-order valence-corrected chi connectivity index (χ3v) is 5.29. The minimum atomic E-state index is 0.0341. The van der Waals surface area contributed by atoms with E-state index in [9.17, 15) is 0 Å². The Balaban J connectivity index is 1.19. The van der Waals surface area contributed by atoms with Gasteiger partial charge >= 0.3 is 0 Å². The van der Waals surface area contributed by atoms with Crippen LogP contribution in [0.1, 0.15) is 31.2 Å². The van der Waals surface area contributed by atoms with Crippen molar-refractivity contribution in [2.24, 2.45) is 5.73 Å². The van der Waals surface area contributed by atoms with Crippen LogP contribution in [0.25, 0.3) is 22.3 Å². The molecule has 164 valence electrons. The quantitative estimate of drug-likeness (QED) is 0.164. The Morgan fingerprint density at radius 1 is 0.750 bits per heavy atom. The number of ether oxygens (including phenoxy) is 2. The van der Waals surface area contributed by atoms with Crippen LogP contribution in [0.4, 0.5) is 0 Å². The normalized spacial score (nSPS) is 10.9. The summed E-state index contributed by atoms with van der Waals surface area (Å²) in [5.41, 5.74) is 7.93. The maximum atomic E-state index is 7.57. The number of para-hydroxylation sites is 1. The molecule has 0 saturated heterocycles. The van der Waals surface area contributed by atoms with Crippen LogP contribution in [0.5, 0.6) is 11.5 Å². The number of rotatable bonds is 11. The van der Waals surface area contributed by atoms with Gasteiger partial charge in [0.05, 0.1) is 13.2 Å². The summed E-state index contributed by atoms with van der Waals surface area (Å²) >= 11 is 0. The second-order valence-electron chi connectivity index (χ2n) is 7.73. The van der Waals surface area contributed by atoms with E-state index < -0.39 is 0 Å². The molecule has 5 heteroatoms. The first-order valence-corrected chi connectivity index (χ1v) is 11.0. The number of nitrogens with one attached hydrogen (secondary N) is 1. The highest BCUT2D eigenvalue weighted by Gasteiger charge is 2.08. The summed E-state index contributed by atoms with van der Waals surface area (Å²) in [6, 6.07) is 25.4. The third kappa shape index (κ3) is 5.70. The number of hydrogen-bond acceptors (Lipinski definition) is 4. The van der Waals surface area contributed by atoms with Gasteiger partial charge in [-0.15, -0.1) is 0 Å². The summed E-state index contributed by atoms with van der Waals surface area (Å²) in [7, 11) is 0. The Hall–Kier alpha value is -3.73. The van der Waals surface area contributed by atoms with Crippen molar-refractivity contribution in [3.05, 3.63) is 84.4 Å². The maximum Gasteiger partial charge on any atom is 0.135 e. The van der Waals surface area contributed by atoms with Gasteiger partial charge < -0.3 is 19.6 Å². The summed E-state index contributed by atoms with van der Waals surface area (Å²) in [4.78, 5) is 0. The Morgan fingerprint density at radius 3 is 2.06 bits per heavy atom. The molecule has 0 aliphatic heterocycles. The molecule has 0 radical (unpaired) electrons. The fourth-order valence-corrected chi connectivity index (χ4v) is 3.51. The molecule has 0 saturated carbocycles. The van der Waals surface area contributed by atoms with Crippen molar-refractivity contribution in [2.75, 3.05) is 13.2 Å². The number of nitrogen functional groups attached to an aromatic ring is 1. The first-order valence-electron chi connectivity index (χ1n) is 11.0. The van der Waals surface area contributed by atoms with Gasteiger partial charge in [0.1, 0.15) is 28.7 Å². The molecular weight excluding hydrogens is 400 g/mol. The van der Waals surface area contributed by atoms with Crippen molar-refractivity contribution in [2.45, 2.75) is 25.7 Å². The zero-order valence-electron chi connectivity index (χ0n) is 18.1. The van der Waals surface area contributed by atoms with Crippen LogP contribution in [0, 0.1) is 5.41 Å². The minimum absolute atomic E-state index is 0.0341. The largest absolute Gasteiger partial charge is 0.494 e. The van der Waals surface area contributed by atoms with Gasteiger partial charge in [-0.2, -0.15) is 0 Å². The van der Waals surface area contributed by atoms with Crippen LogP contribution in [0.15, 0.2) is 83.3 Å². The molecule has 0 atom stereocenters. The lowest BCUT2D eigenvalue weighted by Gasteiger charge is -2.07. The van der Waals surface area contributed by atoms with Crippen molar-refractivity contribution < 1.29 is 13.9 Å². The van der Waals surface area contributed by atoms with E-state index >= 15 is 0 Å². The average Bonchev–Trinajstić information content (AvgIpc) is 3.25. The van der Waals surface area contributed by atoms with Crippen molar-refractivity contribution in [3.8, 4) is 22.8 Å². The second-order valence-corrected chi connectivity index (χ2v) is 7.73. The Labute approximate surface area is 188 Å². The van der Waals surface area contributed by atoms with Gasteiger partial charge in [0.15, 0.2) is 0 Å². The highest BCUT2D eigenvalue weighted by Crippen LogP contribution is 2.29. The predicted molar refractivity (Wildman–Crippen MR) is 129 cm³/mol. The van der Waals surface area contributed by atoms with E-state index in [0.29, 0.717) is 12.2 Å². The van der Waals surface area contributed by atoms with Crippen molar-refractivity contribution in [3.63, 3.8) is 0 Å². The smallest absolute Gasteiger partial charge is 0.135 e. The molecule has 0 aliphatic rings. The molecule has 4 rings (SSSR count). The summed E-state index contributed by atoms with van der Waals surface area (Å²) in [6.07, 6.45) is 4.33. The van der Waals surface area contributed by atoms with E-state index in [2.05, 4.69) is 0 Å². The van der Waals surface area contributed by atoms with E-state index in [1.807, 2.05) is 72.8 Å². The molecule has 1 heterocycles. The average molecular weight is 429 g/mol. The number of benzene rings is 3. The molecule has 0 amide bonds. The van der Waals surface area contributed by atoms with Crippen molar-refractivity contribution in [1.82, 2.24) is 0 Å². The molecular formula is C27H28N2O3. The predicted octanol–water partition coefficient (Wildman–Crippen LogP) is 6.40. The summed E-state index contributed by atoms with van der Waals surface area (Å²) in [5, 5.41) is 8.55. The minimum Gasteiger partial charge on any atom is -0.494 e. The Kier molecular flexibility index (Phi) is 7.08. The van der Waals surface area contributed by atoms with Crippen LogP contribution >= 0.6 is 0 Å². The van der Waals surface area contributed by atoms with Crippen LogP contribution in [0.2, 0.25) is 0 Å². The maximum absolute atomic E-state index is 7.57. The van der Waals surface area contributed by atoms with E-state index in [0.717, 1.165) is 66.1 Å². The second kappa shape index (κ2) is 10.5. The van der Waals surface area contributed by atoms with Crippen LogP contribution in [-0.2, 0) is 0 Å². The SMILES string of the molecule is N=C(N)c1ccc2cc(-c3ccc(OCCCCCCOc4ccccc4)cc3)oc2c1. The Bertz CT molecular complexity index is 1150. The first-order chi connectivity index (χ1) is 15.7. The number of hydrogen-bond donors (Lipinski definition) is 2. The zero-order chi connectivity index (χ0) is 22.2. The van der Waals surface area contributed by atoms with E-state index in [1.165, 1.54) is 0 Å². The van der Waals surface area contributed by atoms with Gasteiger partial charge in [-0.1, -0.05) is 30.3 Å². The lowest BCUT2D eigenvalue weighted by molar-refractivity contribution is 0.287. The van der Waals surface area contributed by atoms with Gasteiger partial charge in [0, 0.05) is 16.5 Å². The molecule has 3 aromatic carbocycles. The first kappa shape index (κ1) is 21.5. The highest BCUT2D eigenvalue weighted by molar-refractivity contribution is 5.98. The van der Waals surface area contributed by atoms with Gasteiger partial charge in [0.25, 0.3) is 0 Å². The van der Waals surface area contributed by atoms with Crippen LogP contribution < -0.4 is 15.2 Å². The summed E-state index contributed by atoms with van der Waals surface area (Å²) in [6.45, 7) is 1.46. The molecule has 0 bridgehead atoms. The molecule has 5 nitrogen and oxygen atoms in total.